The molecule has 1 aliphatic heterocycles. The van der Waals surface area contributed by atoms with Crippen molar-refractivity contribution in [1.82, 2.24) is 5.32 Å². The Morgan fingerprint density at radius 3 is 2.39 bits per heavy atom. The van der Waals surface area contributed by atoms with Crippen molar-refractivity contribution >= 4 is 0 Å². The van der Waals surface area contributed by atoms with Crippen molar-refractivity contribution in [1.29, 1.82) is 0 Å². The van der Waals surface area contributed by atoms with Gasteiger partial charge in [-0.15, -0.1) is 0 Å². The van der Waals surface area contributed by atoms with E-state index in [1.807, 2.05) is 0 Å². The Labute approximate surface area is 112 Å². The van der Waals surface area contributed by atoms with Crippen molar-refractivity contribution in [2.75, 3.05) is 6.54 Å². The highest BCUT2D eigenvalue weighted by atomic mass is 15.0. The first-order chi connectivity index (χ1) is 8.78. The Bertz CT molecular complexity index is 344. The minimum Gasteiger partial charge on any atom is -0.311 e. The van der Waals surface area contributed by atoms with Crippen LogP contribution in [0.5, 0.6) is 0 Å². The lowest BCUT2D eigenvalue weighted by Crippen LogP contribution is -2.46. The summed E-state index contributed by atoms with van der Waals surface area (Å²) in [5, 5.41) is 3.82. The number of hydrogen-bond donors (Lipinski definition) is 1. The van der Waals surface area contributed by atoms with Gasteiger partial charge in [-0.2, -0.15) is 0 Å². The van der Waals surface area contributed by atoms with E-state index < -0.39 is 0 Å². The summed E-state index contributed by atoms with van der Waals surface area (Å²) in [6.07, 6.45) is 9.01. The van der Waals surface area contributed by atoms with Crippen molar-refractivity contribution in [3.63, 3.8) is 0 Å². The van der Waals surface area contributed by atoms with Crippen LogP contribution in [0.2, 0.25) is 0 Å². The van der Waals surface area contributed by atoms with Crippen LogP contribution in [0, 0.1) is 0 Å². The van der Waals surface area contributed by atoms with Gasteiger partial charge in [-0.3, -0.25) is 0 Å². The standard InChI is InChI=1S/C17H27N/c1-3-15-8-10-16(11-9-15)14-17(4-2)12-6-5-7-13-18-17/h8-11,18H,3-7,12-14H2,1-2H3. The number of hydrogen-bond acceptors (Lipinski definition) is 1. The van der Waals surface area contributed by atoms with Crippen LogP contribution < -0.4 is 5.32 Å². The van der Waals surface area contributed by atoms with Crippen molar-refractivity contribution < 1.29 is 0 Å². The van der Waals surface area contributed by atoms with E-state index in [1.54, 1.807) is 0 Å². The van der Waals surface area contributed by atoms with Gasteiger partial charge in [0, 0.05) is 5.54 Å². The molecule has 1 aliphatic rings. The zero-order chi connectivity index (χ0) is 12.8. The minimum absolute atomic E-state index is 0.351. The van der Waals surface area contributed by atoms with Gasteiger partial charge < -0.3 is 5.32 Å². The summed E-state index contributed by atoms with van der Waals surface area (Å²) in [4.78, 5) is 0. The van der Waals surface area contributed by atoms with Crippen LogP contribution in [0.15, 0.2) is 24.3 Å². The molecule has 100 valence electrons. The van der Waals surface area contributed by atoms with Gasteiger partial charge in [0.15, 0.2) is 0 Å². The van der Waals surface area contributed by atoms with Crippen molar-refractivity contribution in [2.24, 2.45) is 0 Å². The van der Waals surface area contributed by atoms with Gasteiger partial charge in [0.2, 0.25) is 0 Å². The molecule has 0 bridgehead atoms. The van der Waals surface area contributed by atoms with E-state index in [2.05, 4.69) is 43.4 Å². The molecule has 1 heterocycles. The Hall–Kier alpha value is -0.820. The molecule has 0 spiro atoms. The minimum atomic E-state index is 0.351. The number of benzene rings is 1. The quantitative estimate of drug-likeness (QED) is 0.842. The molecule has 18 heavy (non-hydrogen) atoms. The van der Waals surface area contributed by atoms with Crippen LogP contribution in [0.25, 0.3) is 0 Å². The van der Waals surface area contributed by atoms with Crippen LogP contribution in [0.3, 0.4) is 0 Å². The first kappa shape index (κ1) is 13.6. The lowest BCUT2D eigenvalue weighted by Gasteiger charge is -2.33. The third-order valence-electron chi connectivity index (χ3n) is 4.48. The fraction of sp³-hybridized carbons (Fsp3) is 0.647. The maximum atomic E-state index is 3.82. The van der Waals surface area contributed by atoms with Gasteiger partial charge >= 0.3 is 0 Å². The third-order valence-corrected chi connectivity index (χ3v) is 4.48. The predicted molar refractivity (Wildman–Crippen MR) is 79.0 cm³/mol. The molecule has 1 nitrogen and oxygen atoms in total. The second-order valence-corrected chi connectivity index (χ2v) is 5.72. The van der Waals surface area contributed by atoms with Crippen molar-refractivity contribution in [3.05, 3.63) is 35.4 Å². The second kappa shape index (κ2) is 6.38. The Morgan fingerprint density at radius 2 is 1.72 bits per heavy atom. The topological polar surface area (TPSA) is 12.0 Å². The summed E-state index contributed by atoms with van der Waals surface area (Å²) in [6, 6.07) is 9.22. The van der Waals surface area contributed by atoms with Crippen LogP contribution in [-0.2, 0) is 12.8 Å². The van der Waals surface area contributed by atoms with Crippen molar-refractivity contribution in [2.45, 2.75) is 64.3 Å². The SMILES string of the molecule is CCc1ccc(CC2(CC)CCCCCN2)cc1. The number of rotatable bonds is 4. The van der Waals surface area contributed by atoms with Gasteiger partial charge in [-0.25, -0.2) is 0 Å². The molecule has 0 aromatic heterocycles. The molecule has 1 heteroatoms. The van der Waals surface area contributed by atoms with Gasteiger partial charge in [-0.05, 0) is 49.8 Å². The van der Waals surface area contributed by atoms with Gasteiger partial charge in [0.25, 0.3) is 0 Å². The largest absolute Gasteiger partial charge is 0.311 e. The van der Waals surface area contributed by atoms with E-state index in [9.17, 15) is 0 Å². The molecule has 1 aromatic rings. The first-order valence-electron chi connectivity index (χ1n) is 7.61. The monoisotopic (exact) mass is 245 g/mol. The fourth-order valence-corrected chi connectivity index (χ4v) is 3.07. The summed E-state index contributed by atoms with van der Waals surface area (Å²) in [6.45, 7) is 5.75. The van der Waals surface area contributed by atoms with Gasteiger partial charge in [-0.1, -0.05) is 51.0 Å². The maximum absolute atomic E-state index is 3.82. The van der Waals surface area contributed by atoms with Crippen LogP contribution in [0.1, 0.15) is 57.1 Å². The molecule has 1 atom stereocenters. The Morgan fingerprint density at radius 1 is 1.00 bits per heavy atom. The number of nitrogens with one attached hydrogen (secondary N) is 1. The summed E-state index contributed by atoms with van der Waals surface area (Å²) in [7, 11) is 0. The molecule has 1 N–H and O–H groups in total. The summed E-state index contributed by atoms with van der Waals surface area (Å²) in [5.74, 6) is 0. The van der Waals surface area contributed by atoms with Crippen LogP contribution in [0.4, 0.5) is 0 Å². The molecule has 1 aromatic carbocycles. The van der Waals surface area contributed by atoms with Gasteiger partial charge in [0.1, 0.15) is 0 Å². The highest BCUT2D eigenvalue weighted by Gasteiger charge is 2.28. The normalized spacial score (nSPS) is 24.8. The maximum Gasteiger partial charge on any atom is 0.0219 e. The fourth-order valence-electron chi connectivity index (χ4n) is 3.07. The second-order valence-electron chi connectivity index (χ2n) is 5.72. The zero-order valence-electron chi connectivity index (χ0n) is 12.0. The van der Waals surface area contributed by atoms with Gasteiger partial charge in [0.05, 0.1) is 0 Å². The van der Waals surface area contributed by atoms with E-state index in [4.69, 9.17) is 0 Å². The van der Waals surface area contributed by atoms with E-state index in [-0.39, 0.29) is 0 Å². The van der Waals surface area contributed by atoms with E-state index in [1.165, 1.54) is 56.2 Å². The molecule has 0 saturated carbocycles. The summed E-state index contributed by atoms with van der Waals surface area (Å²) < 4.78 is 0. The molecular formula is C17H27N. The summed E-state index contributed by atoms with van der Waals surface area (Å²) >= 11 is 0. The molecule has 0 radical (unpaired) electrons. The third kappa shape index (κ3) is 3.35. The van der Waals surface area contributed by atoms with Crippen LogP contribution >= 0.6 is 0 Å². The zero-order valence-corrected chi connectivity index (χ0v) is 12.0. The molecule has 0 aliphatic carbocycles. The summed E-state index contributed by atoms with van der Waals surface area (Å²) in [5.41, 5.74) is 3.28. The Balaban J connectivity index is 2.07. The first-order valence-corrected chi connectivity index (χ1v) is 7.61. The van der Waals surface area contributed by atoms with E-state index in [0.717, 1.165) is 6.42 Å². The molecule has 1 unspecified atom stereocenters. The molecule has 1 fully saturated rings. The number of aryl methyl sites for hydroxylation is 1. The highest BCUT2D eigenvalue weighted by Crippen LogP contribution is 2.26. The molecular weight excluding hydrogens is 218 g/mol. The predicted octanol–water partition coefficient (Wildman–Crippen LogP) is 4.10. The lowest BCUT2D eigenvalue weighted by atomic mass is 9.84. The molecule has 1 saturated heterocycles. The van der Waals surface area contributed by atoms with E-state index in [0.29, 0.717) is 5.54 Å². The average molecular weight is 245 g/mol. The van der Waals surface area contributed by atoms with E-state index >= 15 is 0 Å². The molecule has 2 rings (SSSR count). The highest BCUT2D eigenvalue weighted by molar-refractivity contribution is 5.24. The average Bonchev–Trinajstić information content (AvgIpc) is 2.66. The van der Waals surface area contributed by atoms with Crippen LogP contribution in [-0.4, -0.2) is 12.1 Å². The smallest absolute Gasteiger partial charge is 0.0219 e. The molecule has 0 amide bonds. The van der Waals surface area contributed by atoms with Crippen molar-refractivity contribution in [3.8, 4) is 0 Å². The lowest BCUT2D eigenvalue weighted by molar-refractivity contribution is 0.302. The Kier molecular flexibility index (Phi) is 4.82.